The summed E-state index contributed by atoms with van der Waals surface area (Å²) < 4.78 is 1.85. The average molecular weight is 411 g/mol. The van der Waals surface area contributed by atoms with E-state index >= 15 is 0 Å². The number of aryl methyl sites for hydroxylation is 2. The molecule has 0 aliphatic carbocycles. The van der Waals surface area contributed by atoms with E-state index in [0.717, 1.165) is 46.9 Å². The molecule has 152 valence electrons. The van der Waals surface area contributed by atoms with Crippen LogP contribution in [0.3, 0.4) is 0 Å². The number of halogens is 1. The molecule has 0 spiro atoms. The van der Waals surface area contributed by atoms with Gasteiger partial charge >= 0.3 is 0 Å². The summed E-state index contributed by atoms with van der Waals surface area (Å²) in [4.78, 5) is 12.4. The third-order valence-corrected chi connectivity index (χ3v) is 5.36. The summed E-state index contributed by atoms with van der Waals surface area (Å²) in [6.45, 7) is 7.34. The Hall–Kier alpha value is -2.79. The fraction of sp³-hybridized carbons (Fsp3) is 0.304. The summed E-state index contributed by atoms with van der Waals surface area (Å²) in [6, 6.07) is 15.9. The minimum atomic E-state index is 0.0115. The highest BCUT2D eigenvalue weighted by molar-refractivity contribution is 6.31. The largest absolute Gasteiger partial charge is 0.385 e. The third kappa shape index (κ3) is 5.39. The van der Waals surface area contributed by atoms with Crippen LogP contribution in [0.15, 0.2) is 48.5 Å². The lowest BCUT2D eigenvalue weighted by molar-refractivity contribution is -0.120. The number of nitrogens with zero attached hydrogens (tertiary/aromatic N) is 2. The molecule has 0 radical (unpaired) electrons. The molecule has 2 N–H and O–H groups in total. The van der Waals surface area contributed by atoms with Crippen LogP contribution in [-0.4, -0.2) is 28.8 Å². The number of amides is 1. The fourth-order valence-electron chi connectivity index (χ4n) is 3.22. The van der Waals surface area contributed by atoms with Gasteiger partial charge in [-0.3, -0.25) is 4.79 Å². The third-order valence-electron chi connectivity index (χ3n) is 4.96. The van der Waals surface area contributed by atoms with E-state index < -0.39 is 0 Å². The van der Waals surface area contributed by atoms with Gasteiger partial charge in [0.15, 0.2) is 0 Å². The number of carbonyl (C=O) groups excluding carboxylic acids is 1. The molecule has 3 aromatic rings. The van der Waals surface area contributed by atoms with E-state index in [2.05, 4.69) is 15.7 Å². The van der Waals surface area contributed by atoms with Crippen molar-refractivity contribution in [2.45, 2.75) is 33.6 Å². The van der Waals surface area contributed by atoms with E-state index in [9.17, 15) is 4.79 Å². The van der Waals surface area contributed by atoms with Crippen LogP contribution in [0.1, 0.15) is 28.9 Å². The molecule has 1 aromatic heterocycles. The van der Waals surface area contributed by atoms with Crippen LogP contribution in [0.25, 0.3) is 5.69 Å². The molecule has 0 saturated carbocycles. The number of nitrogens with one attached hydrogen (secondary N) is 2. The Kier molecular flexibility index (Phi) is 6.94. The number of aromatic nitrogens is 2. The van der Waals surface area contributed by atoms with Crippen LogP contribution < -0.4 is 10.6 Å². The number of rotatable bonds is 8. The highest BCUT2D eigenvalue weighted by Gasteiger charge is 2.16. The molecule has 0 aliphatic rings. The first-order chi connectivity index (χ1) is 14.0. The number of benzene rings is 2. The lowest BCUT2D eigenvalue weighted by Crippen LogP contribution is -2.27. The van der Waals surface area contributed by atoms with Crippen LogP contribution in [0.4, 0.5) is 5.69 Å². The summed E-state index contributed by atoms with van der Waals surface area (Å²) in [7, 11) is 0. The maximum atomic E-state index is 12.4. The van der Waals surface area contributed by atoms with Crippen LogP contribution >= 0.6 is 11.6 Å². The average Bonchev–Trinajstić information content (AvgIpc) is 2.99. The number of hydrogen-bond acceptors (Lipinski definition) is 3. The molecule has 5 nitrogen and oxygen atoms in total. The molecule has 0 unspecified atom stereocenters. The molecule has 1 amide bonds. The van der Waals surface area contributed by atoms with Crippen molar-refractivity contribution in [3.05, 3.63) is 76.1 Å². The number of para-hydroxylation sites is 1. The first-order valence-corrected chi connectivity index (χ1v) is 10.2. The Labute approximate surface area is 177 Å². The lowest BCUT2D eigenvalue weighted by atomic mass is 10.1. The van der Waals surface area contributed by atoms with Gasteiger partial charge in [-0.2, -0.15) is 5.10 Å². The summed E-state index contributed by atoms with van der Waals surface area (Å²) in [6.07, 6.45) is 1.18. The van der Waals surface area contributed by atoms with Gasteiger partial charge in [0.1, 0.15) is 0 Å². The second-order valence-electron chi connectivity index (χ2n) is 7.17. The zero-order valence-corrected chi connectivity index (χ0v) is 17.9. The molecule has 6 heteroatoms. The maximum absolute atomic E-state index is 12.4. The summed E-state index contributed by atoms with van der Waals surface area (Å²) >= 11 is 6.26. The van der Waals surface area contributed by atoms with E-state index in [0.29, 0.717) is 18.0 Å². The van der Waals surface area contributed by atoms with Gasteiger partial charge in [-0.05, 0) is 57.0 Å². The van der Waals surface area contributed by atoms with Gasteiger partial charge in [0.05, 0.1) is 17.8 Å². The summed E-state index contributed by atoms with van der Waals surface area (Å²) in [5, 5.41) is 11.7. The molecule has 0 saturated heterocycles. The second kappa shape index (κ2) is 9.61. The Morgan fingerprint density at radius 3 is 2.55 bits per heavy atom. The van der Waals surface area contributed by atoms with Crippen molar-refractivity contribution in [1.29, 1.82) is 0 Å². The second-order valence-corrected chi connectivity index (χ2v) is 7.57. The van der Waals surface area contributed by atoms with Gasteiger partial charge < -0.3 is 10.6 Å². The normalized spacial score (nSPS) is 10.8. The van der Waals surface area contributed by atoms with Crippen LogP contribution in [0.5, 0.6) is 0 Å². The van der Waals surface area contributed by atoms with E-state index in [1.807, 2.05) is 74.0 Å². The van der Waals surface area contributed by atoms with E-state index in [1.54, 1.807) is 0 Å². The minimum absolute atomic E-state index is 0.0115. The predicted molar refractivity (Wildman–Crippen MR) is 119 cm³/mol. The number of carbonyl (C=O) groups is 1. The minimum Gasteiger partial charge on any atom is -0.385 e. The molecule has 0 atom stereocenters. The van der Waals surface area contributed by atoms with Crippen LogP contribution in [0.2, 0.25) is 5.02 Å². The highest BCUT2D eigenvalue weighted by Crippen LogP contribution is 2.23. The van der Waals surface area contributed by atoms with E-state index in [-0.39, 0.29) is 5.91 Å². The van der Waals surface area contributed by atoms with E-state index in [1.165, 1.54) is 0 Å². The standard InChI is InChI=1S/C23H27ClN4O/c1-16-10-11-20(14-22(16)24)28-18(3)21(17(2)27-28)15-23(29)26-13-7-12-25-19-8-5-4-6-9-19/h4-6,8-11,14,25H,7,12-13,15H2,1-3H3,(H,26,29). The molecule has 0 bridgehead atoms. The van der Waals surface area contributed by atoms with Crippen molar-refractivity contribution in [3.63, 3.8) is 0 Å². The first kappa shape index (κ1) is 20.9. The Balaban J connectivity index is 1.53. The molecule has 0 fully saturated rings. The Bertz CT molecular complexity index is 982. The van der Waals surface area contributed by atoms with Crippen LogP contribution in [0, 0.1) is 20.8 Å². The van der Waals surface area contributed by atoms with Crippen molar-refractivity contribution in [1.82, 2.24) is 15.1 Å². The van der Waals surface area contributed by atoms with Crippen molar-refractivity contribution in [2.75, 3.05) is 18.4 Å². The Morgan fingerprint density at radius 1 is 1.07 bits per heavy atom. The monoisotopic (exact) mass is 410 g/mol. The van der Waals surface area contributed by atoms with Gasteiger partial charge in [-0.1, -0.05) is 35.9 Å². The summed E-state index contributed by atoms with van der Waals surface area (Å²) in [5.41, 5.74) is 5.80. The zero-order chi connectivity index (χ0) is 20.8. The topological polar surface area (TPSA) is 59.0 Å². The van der Waals surface area contributed by atoms with Gasteiger partial charge in [0.25, 0.3) is 0 Å². The van der Waals surface area contributed by atoms with Crippen molar-refractivity contribution in [2.24, 2.45) is 0 Å². The zero-order valence-electron chi connectivity index (χ0n) is 17.1. The molecule has 2 aromatic carbocycles. The maximum Gasteiger partial charge on any atom is 0.224 e. The lowest BCUT2D eigenvalue weighted by Gasteiger charge is -2.09. The van der Waals surface area contributed by atoms with Crippen LogP contribution in [-0.2, 0) is 11.2 Å². The van der Waals surface area contributed by atoms with Crippen molar-refractivity contribution >= 4 is 23.2 Å². The van der Waals surface area contributed by atoms with Gasteiger partial charge in [-0.15, -0.1) is 0 Å². The molecule has 0 aliphatic heterocycles. The van der Waals surface area contributed by atoms with Gasteiger partial charge in [-0.25, -0.2) is 4.68 Å². The molecular weight excluding hydrogens is 384 g/mol. The summed E-state index contributed by atoms with van der Waals surface area (Å²) in [5.74, 6) is 0.0115. The SMILES string of the molecule is Cc1ccc(-n2nc(C)c(CC(=O)NCCCNc3ccccc3)c2C)cc1Cl. The van der Waals surface area contributed by atoms with Crippen molar-refractivity contribution in [3.8, 4) is 5.69 Å². The predicted octanol–water partition coefficient (Wildman–Crippen LogP) is 4.61. The highest BCUT2D eigenvalue weighted by atomic mass is 35.5. The number of hydrogen-bond donors (Lipinski definition) is 2. The quantitative estimate of drug-likeness (QED) is 0.533. The van der Waals surface area contributed by atoms with Crippen molar-refractivity contribution < 1.29 is 4.79 Å². The van der Waals surface area contributed by atoms with Gasteiger partial charge in [0.2, 0.25) is 5.91 Å². The Morgan fingerprint density at radius 2 is 1.83 bits per heavy atom. The fourth-order valence-corrected chi connectivity index (χ4v) is 3.40. The van der Waals surface area contributed by atoms with E-state index in [4.69, 9.17) is 11.6 Å². The van der Waals surface area contributed by atoms with Gasteiger partial charge in [0, 0.05) is 35.1 Å². The molecule has 3 rings (SSSR count). The molecule has 1 heterocycles. The molecular formula is C23H27ClN4O. The smallest absolute Gasteiger partial charge is 0.224 e. The first-order valence-electron chi connectivity index (χ1n) is 9.83. The number of anilines is 1. The molecule has 29 heavy (non-hydrogen) atoms.